The van der Waals surface area contributed by atoms with E-state index in [1.54, 1.807) is 24.3 Å². The second-order valence-electron chi connectivity index (χ2n) is 4.19. The number of rotatable bonds is 7. The molecule has 0 fully saturated rings. The number of sulfone groups is 1. The Balaban J connectivity index is 2.24. The van der Waals surface area contributed by atoms with E-state index in [9.17, 15) is 13.5 Å². The van der Waals surface area contributed by atoms with Gasteiger partial charge >= 0.3 is 0 Å². The first-order valence-electron chi connectivity index (χ1n) is 5.61. The van der Waals surface area contributed by atoms with Crippen LogP contribution in [0.5, 0.6) is 5.75 Å². The van der Waals surface area contributed by atoms with Crippen molar-refractivity contribution < 1.29 is 18.3 Å². The van der Waals surface area contributed by atoms with Crippen LogP contribution < -0.4 is 4.74 Å². The minimum absolute atomic E-state index is 0.0883. The smallest absolute Gasteiger partial charge is 0.147 e. The number of benzene rings is 1. The van der Waals surface area contributed by atoms with E-state index in [1.807, 2.05) is 0 Å². The van der Waals surface area contributed by atoms with E-state index in [0.29, 0.717) is 23.6 Å². The van der Waals surface area contributed by atoms with Gasteiger partial charge in [-0.2, -0.15) is 0 Å². The molecule has 1 unspecified atom stereocenters. The lowest BCUT2D eigenvalue weighted by atomic mass is 10.2. The molecule has 1 atom stereocenters. The molecule has 0 aliphatic rings. The Hall–Kier alpha value is -0.780. The fourth-order valence-electron chi connectivity index (χ4n) is 1.39. The molecule has 0 aliphatic carbocycles. The van der Waals surface area contributed by atoms with Gasteiger partial charge in [-0.1, -0.05) is 11.6 Å². The first-order valence-corrected chi connectivity index (χ1v) is 8.05. The zero-order valence-electron chi connectivity index (χ0n) is 10.2. The largest absolute Gasteiger partial charge is 0.491 e. The molecule has 1 N–H and O–H groups in total. The number of hydrogen-bond acceptors (Lipinski definition) is 4. The molecule has 0 heterocycles. The van der Waals surface area contributed by atoms with Crippen LogP contribution in [0.1, 0.15) is 12.8 Å². The molecular weight excluding hydrogens is 276 g/mol. The quantitative estimate of drug-likeness (QED) is 0.834. The third-order valence-electron chi connectivity index (χ3n) is 2.31. The Kier molecular flexibility index (Phi) is 5.91. The monoisotopic (exact) mass is 292 g/mol. The Morgan fingerprint density at radius 1 is 1.33 bits per heavy atom. The van der Waals surface area contributed by atoms with Crippen molar-refractivity contribution in [3.05, 3.63) is 29.3 Å². The van der Waals surface area contributed by atoms with Crippen LogP contribution >= 0.6 is 11.6 Å². The standard InChI is InChI=1S/C12H17ClO4S/c1-18(15,16)8-2-3-11(14)9-17-12-6-4-10(13)5-7-12/h4-7,11,14H,2-3,8-9H2,1H3. The van der Waals surface area contributed by atoms with Crippen LogP contribution in [0.15, 0.2) is 24.3 Å². The lowest BCUT2D eigenvalue weighted by molar-refractivity contribution is 0.0995. The highest BCUT2D eigenvalue weighted by molar-refractivity contribution is 7.90. The average Bonchev–Trinajstić information content (AvgIpc) is 2.26. The third-order valence-corrected chi connectivity index (χ3v) is 3.59. The Bertz CT molecular complexity index is 455. The summed E-state index contributed by atoms with van der Waals surface area (Å²) in [5, 5.41) is 10.2. The van der Waals surface area contributed by atoms with Gasteiger partial charge in [-0.15, -0.1) is 0 Å². The molecule has 0 amide bonds. The molecule has 0 saturated carbocycles. The summed E-state index contributed by atoms with van der Waals surface area (Å²) in [6.45, 7) is 0.144. The Morgan fingerprint density at radius 2 is 1.94 bits per heavy atom. The van der Waals surface area contributed by atoms with Crippen LogP contribution in [0.3, 0.4) is 0 Å². The molecule has 1 rings (SSSR count). The van der Waals surface area contributed by atoms with E-state index < -0.39 is 15.9 Å². The van der Waals surface area contributed by atoms with E-state index in [0.717, 1.165) is 0 Å². The predicted molar refractivity (Wildman–Crippen MR) is 71.9 cm³/mol. The summed E-state index contributed by atoms with van der Waals surface area (Å²) in [6.07, 6.45) is 1.36. The maximum Gasteiger partial charge on any atom is 0.147 e. The van der Waals surface area contributed by atoms with Gasteiger partial charge in [-0.05, 0) is 37.1 Å². The van der Waals surface area contributed by atoms with Crippen LogP contribution in [0, 0.1) is 0 Å². The van der Waals surface area contributed by atoms with Crippen LogP contribution in [-0.2, 0) is 9.84 Å². The molecule has 6 heteroatoms. The van der Waals surface area contributed by atoms with Gasteiger partial charge in [-0.3, -0.25) is 0 Å². The highest BCUT2D eigenvalue weighted by Crippen LogP contribution is 2.16. The summed E-state index contributed by atoms with van der Waals surface area (Å²) in [7, 11) is -2.96. The summed E-state index contributed by atoms with van der Waals surface area (Å²) in [6, 6.07) is 6.83. The van der Waals surface area contributed by atoms with Gasteiger partial charge < -0.3 is 9.84 Å². The molecule has 0 bridgehead atoms. The molecule has 0 aromatic heterocycles. The van der Waals surface area contributed by atoms with Crippen LogP contribution in [0.2, 0.25) is 5.02 Å². The number of halogens is 1. The summed E-state index contributed by atoms with van der Waals surface area (Å²) < 4.78 is 27.1. The van der Waals surface area contributed by atoms with Gasteiger partial charge in [0.25, 0.3) is 0 Å². The van der Waals surface area contributed by atoms with E-state index in [1.165, 1.54) is 6.26 Å². The highest BCUT2D eigenvalue weighted by Gasteiger charge is 2.08. The van der Waals surface area contributed by atoms with Crippen LogP contribution in [-0.4, -0.2) is 38.2 Å². The summed E-state index contributed by atoms with van der Waals surface area (Å²) in [4.78, 5) is 0. The second kappa shape index (κ2) is 6.97. The molecule has 0 radical (unpaired) electrons. The summed E-state index contributed by atoms with van der Waals surface area (Å²) in [5.74, 6) is 0.715. The Morgan fingerprint density at radius 3 is 2.50 bits per heavy atom. The van der Waals surface area contributed by atoms with Crippen LogP contribution in [0.25, 0.3) is 0 Å². The van der Waals surface area contributed by atoms with Crippen molar-refractivity contribution in [3.8, 4) is 5.75 Å². The van der Waals surface area contributed by atoms with E-state index in [2.05, 4.69) is 0 Å². The van der Waals surface area contributed by atoms with Gasteiger partial charge in [0.15, 0.2) is 0 Å². The van der Waals surface area contributed by atoms with Crippen molar-refractivity contribution >= 4 is 21.4 Å². The second-order valence-corrected chi connectivity index (χ2v) is 6.89. The number of aliphatic hydroxyl groups is 1. The minimum Gasteiger partial charge on any atom is -0.491 e. The average molecular weight is 293 g/mol. The van der Waals surface area contributed by atoms with E-state index in [4.69, 9.17) is 16.3 Å². The third kappa shape index (κ3) is 6.83. The molecule has 4 nitrogen and oxygen atoms in total. The molecular formula is C12H17ClO4S. The molecule has 0 saturated heterocycles. The predicted octanol–water partition coefficient (Wildman–Crippen LogP) is 1.90. The molecule has 0 spiro atoms. The number of ether oxygens (including phenoxy) is 1. The fraction of sp³-hybridized carbons (Fsp3) is 0.500. The van der Waals surface area contributed by atoms with Gasteiger partial charge in [0.05, 0.1) is 6.10 Å². The highest BCUT2D eigenvalue weighted by atomic mass is 35.5. The molecule has 18 heavy (non-hydrogen) atoms. The number of hydrogen-bond donors (Lipinski definition) is 1. The SMILES string of the molecule is CS(=O)(=O)CCCC(O)COc1ccc(Cl)cc1. The maximum atomic E-state index is 10.9. The Labute approximate surface area is 112 Å². The topological polar surface area (TPSA) is 63.6 Å². The van der Waals surface area contributed by atoms with Crippen molar-refractivity contribution in [2.24, 2.45) is 0 Å². The number of aliphatic hydroxyl groups excluding tert-OH is 1. The van der Waals surface area contributed by atoms with E-state index >= 15 is 0 Å². The molecule has 102 valence electrons. The first kappa shape index (κ1) is 15.3. The summed E-state index contributed by atoms with van der Waals surface area (Å²) >= 11 is 5.72. The first-order chi connectivity index (χ1) is 8.37. The normalized spacial score (nSPS) is 13.3. The maximum absolute atomic E-state index is 10.9. The van der Waals surface area contributed by atoms with Crippen molar-refractivity contribution in [2.45, 2.75) is 18.9 Å². The minimum atomic E-state index is -2.96. The van der Waals surface area contributed by atoms with Gasteiger partial charge in [0.1, 0.15) is 22.2 Å². The van der Waals surface area contributed by atoms with Crippen molar-refractivity contribution in [1.82, 2.24) is 0 Å². The lowest BCUT2D eigenvalue weighted by Gasteiger charge is -2.12. The zero-order valence-corrected chi connectivity index (χ0v) is 11.7. The molecule has 1 aromatic rings. The van der Waals surface area contributed by atoms with Crippen molar-refractivity contribution in [1.29, 1.82) is 0 Å². The fourth-order valence-corrected chi connectivity index (χ4v) is 2.20. The molecule has 1 aromatic carbocycles. The molecule has 0 aliphatic heterocycles. The van der Waals surface area contributed by atoms with E-state index in [-0.39, 0.29) is 12.4 Å². The summed E-state index contributed by atoms with van der Waals surface area (Å²) in [5.41, 5.74) is 0. The van der Waals surface area contributed by atoms with Gasteiger partial charge in [0.2, 0.25) is 0 Å². The van der Waals surface area contributed by atoms with Crippen molar-refractivity contribution in [2.75, 3.05) is 18.6 Å². The lowest BCUT2D eigenvalue weighted by Crippen LogP contribution is -2.18. The van der Waals surface area contributed by atoms with Crippen LogP contribution in [0.4, 0.5) is 0 Å². The van der Waals surface area contributed by atoms with Crippen molar-refractivity contribution in [3.63, 3.8) is 0 Å². The van der Waals surface area contributed by atoms with Gasteiger partial charge in [-0.25, -0.2) is 8.42 Å². The zero-order chi connectivity index (χ0) is 13.6. The van der Waals surface area contributed by atoms with Gasteiger partial charge in [0, 0.05) is 17.0 Å².